The SMILES string of the molecule is CNCCC(=O)N1CC[C@@H](Nc2ncc3nnn(-c4ccc(OC)cc4)c3n2)C1. The van der Waals surface area contributed by atoms with Crippen LogP contribution in [0.15, 0.2) is 30.5 Å². The van der Waals surface area contributed by atoms with Gasteiger partial charge < -0.3 is 20.3 Å². The maximum Gasteiger partial charge on any atom is 0.225 e. The fourth-order valence-electron chi connectivity index (χ4n) is 3.37. The average Bonchev–Trinajstić information content (AvgIpc) is 3.39. The van der Waals surface area contributed by atoms with E-state index in [1.807, 2.05) is 36.2 Å². The van der Waals surface area contributed by atoms with Gasteiger partial charge >= 0.3 is 0 Å². The first-order chi connectivity index (χ1) is 14.2. The number of rotatable bonds is 7. The minimum atomic E-state index is 0.122. The van der Waals surface area contributed by atoms with Crippen LogP contribution < -0.4 is 15.4 Å². The van der Waals surface area contributed by atoms with Gasteiger partial charge in [-0.1, -0.05) is 5.21 Å². The number of hydrogen-bond donors (Lipinski definition) is 2. The molecule has 1 aliphatic heterocycles. The molecule has 10 nitrogen and oxygen atoms in total. The van der Waals surface area contributed by atoms with Crippen LogP contribution in [0.4, 0.5) is 5.95 Å². The molecule has 1 atom stereocenters. The van der Waals surface area contributed by atoms with Crippen molar-refractivity contribution in [1.82, 2.24) is 35.2 Å². The first-order valence-electron chi connectivity index (χ1n) is 9.59. The van der Waals surface area contributed by atoms with Gasteiger partial charge in [-0.15, -0.1) is 5.10 Å². The molecule has 29 heavy (non-hydrogen) atoms. The molecule has 1 fully saturated rings. The van der Waals surface area contributed by atoms with Crippen LogP contribution in [0, 0.1) is 0 Å². The summed E-state index contributed by atoms with van der Waals surface area (Å²) in [5.74, 6) is 1.44. The number of ether oxygens (including phenoxy) is 1. The molecular weight excluding hydrogens is 372 g/mol. The Kier molecular flexibility index (Phi) is 5.52. The van der Waals surface area contributed by atoms with Gasteiger partial charge in [0.25, 0.3) is 0 Å². The Morgan fingerprint density at radius 1 is 1.31 bits per heavy atom. The molecule has 0 radical (unpaired) electrons. The zero-order chi connectivity index (χ0) is 20.2. The number of likely N-dealkylation sites (tertiary alicyclic amines) is 1. The number of anilines is 1. The molecule has 4 rings (SSSR count). The zero-order valence-corrected chi connectivity index (χ0v) is 16.5. The number of aromatic nitrogens is 5. The van der Waals surface area contributed by atoms with Gasteiger partial charge in [0, 0.05) is 32.1 Å². The summed E-state index contributed by atoms with van der Waals surface area (Å²) in [6.07, 6.45) is 3.03. The van der Waals surface area contributed by atoms with Crippen LogP contribution in [0.25, 0.3) is 16.9 Å². The summed E-state index contributed by atoms with van der Waals surface area (Å²) in [6.45, 7) is 2.09. The minimum Gasteiger partial charge on any atom is -0.497 e. The Balaban J connectivity index is 1.48. The van der Waals surface area contributed by atoms with E-state index in [0.717, 1.165) is 24.4 Å². The number of fused-ring (bicyclic) bond motifs is 1. The highest BCUT2D eigenvalue weighted by Crippen LogP contribution is 2.19. The number of benzene rings is 1. The maximum absolute atomic E-state index is 12.2. The molecule has 1 saturated heterocycles. The third kappa shape index (κ3) is 4.11. The molecule has 0 bridgehead atoms. The summed E-state index contributed by atoms with van der Waals surface area (Å²) >= 11 is 0. The van der Waals surface area contributed by atoms with Gasteiger partial charge in [-0.3, -0.25) is 4.79 Å². The molecular formula is C19H24N8O2. The van der Waals surface area contributed by atoms with Crippen molar-refractivity contribution in [3.05, 3.63) is 30.5 Å². The quantitative estimate of drug-likeness (QED) is 0.605. The lowest BCUT2D eigenvalue weighted by atomic mass is 10.3. The number of nitrogens with zero attached hydrogens (tertiary/aromatic N) is 6. The topological polar surface area (TPSA) is 110 Å². The lowest BCUT2D eigenvalue weighted by Gasteiger charge is -2.17. The molecule has 3 aromatic rings. The molecule has 10 heteroatoms. The number of methoxy groups -OCH3 is 1. The van der Waals surface area contributed by atoms with Crippen LogP contribution in [0.5, 0.6) is 5.75 Å². The van der Waals surface area contributed by atoms with E-state index < -0.39 is 0 Å². The second-order valence-electron chi connectivity index (χ2n) is 6.92. The van der Waals surface area contributed by atoms with E-state index in [1.165, 1.54) is 0 Å². The van der Waals surface area contributed by atoms with E-state index in [1.54, 1.807) is 18.0 Å². The third-order valence-corrected chi connectivity index (χ3v) is 4.97. The fourth-order valence-corrected chi connectivity index (χ4v) is 3.37. The van der Waals surface area contributed by atoms with Gasteiger partial charge in [-0.05, 0) is 37.7 Å². The van der Waals surface area contributed by atoms with Gasteiger partial charge in [0.05, 0.1) is 19.0 Å². The number of nitrogens with one attached hydrogen (secondary N) is 2. The Morgan fingerprint density at radius 3 is 2.90 bits per heavy atom. The van der Waals surface area contributed by atoms with Crippen LogP contribution in [-0.4, -0.2) is 75.6 Å². The van der Waals surface area contributed by atoms with Gasteiger partial charge in [-0.2, -0.15) is 9.67 Å². The van der Waals surface area contributed by atoms with Crippen molar-refractivity contribution < 1.29 is 9.53 Å². The zero-order valence-electron chi connectivity index (χ0n) is 16.5. The second kappa shape index (κ2) is 8.39. The molecule has 1 amide bonds. The van der Waals surface area contributed by atoms with Gasteiger partial charge in [0.15, 0.2) is 11.2 Å². The molecule has 2 N–H and O–H groups in total. The van der Waals surface area contributed by atoms with E-state index in [-0.39, 0.29) is 11.9 Å². The fraction of sp³-hybridized carbons (Fsp3) is 0.421. The van der Waals surface area contributed by atoms with Crippen LogP contribution in [0.3, 0.4) is 0 Å². The highest BCUT2D eigenvalue weighted by Gasteiger charge is 2.26. The summed E-state index contributed by atoms with van der Waals surface area (Å²) in [7, 11) is 3.48. The first kappa shape index (κ1) is 19.1. The summed E-state index contributed by atoms with van der Waals surface area (Å²) in [5, 5.41) is 14.7. The van der Waals surface area contributed by atoms with Crippen LogP contribution in [-0.2, 0) is 4.79 Å². The Bertz CT molecular complexity index is 988. The standard InChI is InChI=1S/C19H24N8O2/c1-20-9-7-17(28)26-10-8-13(12-26)22-19-21-11-16-18(23-19)27(25-24-16)14-3-5-15(29-2)6-4-14/h3-6,11,13,20H,7-10,12H2,1-2H3,(H,21,22,23)/t13-/m1/s1. The van der Waals surface area contributed by atoms with Crippen LogP contribution in [0.2, 0.25) is 0 Å². The summed E-state index contributed by atoms with van der Waals surface area (Å²) in [6, 6.07) is 7.64. The lowest BCUT2D eigenvalue weighted by molar-refractivity contribution is -0.130. The summed E-state index contributed by atoms with van der Waals surface area (Å²) in [4.78, 5) is 23.0. The Morgan fingerprint density at radius 2 is 2.14 bits per heavy atom. The van der Waals surface area contributed by atoms with E-state index >= 15 is 0 Å². The Labute approximate surface area is 168 Å². The van der Waals surface area contributed by atoms with Crippen molar-refractivity contribution in [1.29, 1.82) is 0 Å². The maximum atomic E-state index is 12.2. The van der Waals surface area contributed by atoms with E-state index in [4.69, 9.17) is 4.74 Å². The smallest absolute Gasteiger partial charge is 0.225 e. The van der Waals surface area contributed by atoms with Crippen molar-refractivity contribution in [2.75, 3.05) is 39.1 Å². The van der Waals surface area contributed by atoms with E-state index in [0.29, 0.717) is 36.6 Å². The number of carbonyl (C=O) groups is 1. The summed E-state index contributed by atoms with van der Waals surface area (Å²) in [5.41, 5.74) is 2.06. The van der Waals surface area contributed by atoms with Gasteiger partial charge in [0.1, 0.15) is 5.75 Å². The molecule has 2 aromatic heterocycles. The minimum absolute atomic E-state index is 0.122. The largest absolute Gasteiger partial charge is 0.497 e. The first-order valence-corrected chi connectivity index (χ1v) is 9.59. The highest BCUT2D eigenvalue weighted by molar-refractivity contribution is 5.77. The molecule has 152 valence electrons. The van der Waals surface area contributed by atoms with Crippen molar-refractivity contribution in [2.24, 2.45) is 0 Å². The van der Waals surface area contributed by atoms with Crippen LogP contribution in [0.1, 0.15) is 12.8 Å². The molecule has 0 unspecified atom stereocenters. The predicted octanol–water partition coefficient (Wildman–Crippen LogP) is 0.841. The Hall–Kier alpha value is -3.27. The van der Waals surface area contributed by atoms with E-state index in [2.05, 4.69) is 30.9 Å². The third-order valence-electron chi connectivity index (χ3n) is 4.97. The average molecular weight is 396 g/mol. The number of amides is 1. The van der Waals surface area contributed by atoms with Crippen molar-refractivity contribution >= 4 is 23.0 Å². The van der Waals surface area contributed by atoms with E-state index in [9.17, 15) is 4.79 Å². The molecule has 0 spiro atoms. The molecule has 0 saturated carbocycles. The van der Waals surface area contributed by atoms with Gasteiger partial charge in [0.2, 0.25) is 11.9 Å². The molecule has 1 aliphatic rings. The van der Waals surface area contributed by atoms with Crippen molar-refractivity contribution in [3.63, 3.8) is 0 Å². The highest BCUT2D eigenvalue weighted by atomic mass is 16.5. The van der Waals surface area contributed by atoms with Crippen molar-refractivity contribution in [3.8, 4) is 11.4 Å². The summed E-state index contributed by atoms with van der Waals surface area (Å²) < 4.78 is 6.87. The number of hydrogen-bond acceptors (Lipinski definition) is 8. The molecule has 1 aromatic carbocycles. The predicted molar refractivity (Wildman–Crippen MR) is 108 cm³/mol. The second-order valence-corrected chi connectivity index (χ2v) is 6.92. The monoisotopic (exact) mass is 396 g/mol. The normalized spacial score (nSPS) is 16.3. The van der Waals surface area contributed by atoms with Gasteiger partial charge in [-0.25, -0.2) is 4.98 Å². The van der Waals surface area contributed by atoms with Crippen LogP contribution >= 0.6 is 0 Å². The van der Waals surface area contributed by atoms with Crippen molar-refractivity contribution in [2.45, 2.75) is 18.9 Å². The number of carbonyl (C=O) groups excluding carboxylic acids is 1. The molecule has 3 heterocycles. The lowest BCUT2D eigenvalue weighted by Crippen LogP contribution is -2.33. The molecule has 0 aliphatic carbocycles.